The van der Waals surface area contributed by atoms with Crippen LogP contribution in [0.2, 0.25) is 0 Å². The van der Waals surface area contributed by atoms with Gasteiger partial charge in [-0.25, -0.2) is 4.39 Å². The summed E-state index contributed by atoms with van der Waals surface area (Å²) in [7, 11) is 0. The molecule has 6 nitrogen and oxygen atoms in total. The minimum Gasteiger partial charge on any atom is -0.266 e. The Hall–Kier alpha value is -9.07. The third-order valence-electron chi connectivity index (χ3n) is 18.3. The average Bonchev–Trinajstić information content (AvgIpc) is 1.58. The Bertz CT molecular complexity index is 5800. The monoisotopic (exact) mass is 2480 g/mol. The average molecular weight is 2480 g/mol. The van der Waals surface area contributed by atoms with Crippen LogP contribution in [0.4, 0.5) is 4.39 Å². The van der Waals surface area contributed by atoms with Crippen LogP contribution in [0.15, 0.2) is 334 Å². The Morgan fingerprint density at radius 3 is 1.38 bits per heavy atom. The number of hydrogen-bond donors (Lipinski definition) is 0. The molecule has 6 aromatic heterocycles. The minimum absolute atomic E-state index is 0. The van der Waals surface area contributed by atoms with E-state index in [1.54, 1.807) is 24.4 Å². The number of halogens is 1. The van der Waals surface area contributed by atoms with Crippen molar-refractivity contribution in [2.24, 2.45) is 0 Å². The summed E-state index contributed by atoms with van der Waals surface area (Å²) in [6, 6.07) is 116. The number of para-hydroxylation sites is 1. The van der Waals surface area contributed by atoms with Gasteiger partial charge < -0.3 is 0 Å². The van der Waals surface area contributed by atoms with Gasteiger partial charge in [-0.2, -0.15) is 0 Å². The summed E-state index contributed by atoms with van der Waals surface area (Å²) in [6.07, 6.45) is 10.9. The van der Waals surface area contributed by atoms with E-state index in [0.29, 0.717) is 11.3 Å². The number of allylic oxidation sites excluding steroid dienone is 1. The molecular formula is C96H69FIr6N6-6. The van der Waals surface area contributed by atoms with Gasteiger partial charge in [-0.05, 0) is 89.5 Å². The van der Waals surface area contributed by atoms with Crippen molar-refractivity contribution in [2.75, 3.05) is 0 Å². The fourth-order valence-corrected chi connectivity index (χ4v) is 13.4. The molecule has 18 aromatic rings. The second-order valence-electron chi connectivity index (χ2n) is 25.5. The Morgan fingerprint density at radius 2 is 0.789 bits per heavy atom. The summed E-state index contributed by atoms with van der Waals surface area (Å²) >= 11 is 0. The van der Waals surface area contributed by atoms with Crippen molar-refractivity contribution < 1.29 is 125 Å². The van der Waals surface area contributed by atoms with Crippen molar-refractivity contribution in [1.82, 2.24) is 29.9 Å². The van der Waals surface area contributed by atoms with E-state index in [4.69, 9.17) is 0 Å². The molecule has 1 aliphatic rings. The molecule has 0 atom stereocenters. The van der Waals surface area contributed by atoms with E-state index in [-0.39, 0.29) is 132 Å². The zero-order chi connectivity index (χ0) is 70.5. The van der Waals surface area contributed by atoms with Crippen molar-refractivity contribution in [3.63, 3.8) is 0 Å². The van der Waals surface area contributed by atoms with E-state index in [0.717, 1.165) is 71.7 Å². The van der Waals surface area contributed by atoms with Gasteiger partial charge in [0.05, 0.1) is 5.82 Å². The maximum atomic E-state index is 13.9. The quantitative estimate of drug-likeness (QED) is 0.126. The van der Waals surface area contributed by atoms with Crippen LogP contribution in [0.1, 0.15) is 55.6 Å². The smallest absolute Gasteiger partial charge is 0.0907 e. The Labute approximate surface area is 717 Å². The summed E-state index contributed by atoms with van der Waals surface area (Å²) in [5.74, 6) is -0.265. The number of fused-ring (bicyclic) bond motifs is 13. The van der Waals surface area contributed by atoms with Crippen molar-refractivity contribution in [1.29, 1.82) is 0 Å². The van der Waals surface area contributed by atoms with E-state index in [9.17, 15) is 4.39 Å². The molecule has 0 spiro atoms. The van der Waals surface area contributed by atoms with E-state index in [1.807, 2.05) is 183 Å². The van der Waals surface area contributed by atoms with E-state index < -0.39 is 0 Å². The molecule has 0 aliphatic heterocycles. The van der Waals surface area contributed by atoms with Gasteiger partial charge >= 0.3 is 0 Å². The fourth-order valence-electron chi connectivity index (χ4n) is 13.4. The van der Waals surface area contributed by atoms with Crippen molar-refractivity contribution in [3.8, 4) is 44.9 Å². The van der Waals surface area contributed by atoms with Gasteiger partial charge in [0, 0.05) is 197 Å². The summed E-state index contributed by atoms with van der Waals surface area (Å²) in [6.45, 7) is 10.9. The van der Waals surface area contributed by atoms with Crippen LogP contribution >= 0.6 is 0 Å². The second kappa shape index (κ2) is 40.6. The molecule has 1 aliphatic carbocycles. The molecule has 0 bridgehead atoms. The van der Waals surface area contributed by atoms with Gasteiger partial charge in [-0.3, -0.25) is 29.9 Å². The van der Waals surface area contributed by atoms with Crippen LogP contribution in [0.3, 0.4) is 0 Å². The first kappa shape index (κ1) is 85.5. The largest absolute Gasteiger partial charge is 0.266 e. The van der Waals surface area contributed by atoms with Gasteiger partial charge in [-0.1, -0.05) is 181 Å². The van der Waals surface area contributed by atoms with Crippen LogP contribution in [-0.2, 0) is 126 Å². The summed E-state index contributed by atoms with van der Waals surface area (Å²) in [5.41, 5.74) is 18.5. The predicted molar refractivity (Wildman–Crippen MR) is 423 cm³/mol. The van der Waals surface area contributed by atoms with Crippen molar-refractivity contribution >= 4 is 81.2 Å². The Morgan fingerprint density at radius 1 is 0.330 bits per heavy atom. The molecule has 19 rings (SSSR count). The molecule has 6 radical (unpaired) electrons. The van der Waals surface area contributed by atoms with E-state index >= 15 is 0 Å². The van der Waals surface area contributed by atoms with Crippen molar-refractivity contribution in [2.45, 2.75) is 40.0 Å². The molecule has 0 N–H and O–H groups in total. The summed E-state index contributed by atoms with van der Waals surface area (Å²) in [4.78, 5) is 26.6. The van der Waals surface area contributed by atoms with Gasteiger partial charge in [0.25, 0.3) is 0 Å². The van der Waals surface area contributed by atoms with Crippen LogP contribution in [0.25, 0.3) is 126 Å². The van der Waals surface area contributed by atoms with E-state index in [1.165, 1.54) is 82.7 Å². The number of aromatic nitrogens is 6. The Kier molecular flexibility index (Phi) is 31.8. The predicted octanol–water partition coefficient (Wildman–Crippen LogP) is 23.9. The number of aryl methyl sites for hydroxylation is 1. The third-order valence-corrected chi connectivity index (χ3v) is 18.3. The molecule has 6 heterocycles. The van der Waals surface area contributed by atoms with Gasteiger partial charge in [0.1, 0.15) is 0 Å². The number of pyridine rings is 6. The molecule has 550 valence electrons. The first-order valence-electron chi connectivity index (χ1n) is 34.2. The Balaban J connectivity index is 0.000000163. The minimum atomic E-state index is -0.265. The topological polar surface area (TPSA) is 77.3 Å². The molecule has 0 saturated heterocycles. The number of rotatable bonds is 5. The normalized spacial score (nSPS) is 10.8. The number of hydrogen-bond acceptors (Lipinski definition) is 6. The first-order chi connectivity index (χ1) is 50.6. The first-order valence-corrected chi connectivity index (χ1v) is 34.2. The number of nitrogens with zero attached hydrogens (tertiary/aromatic N) is 6. The molecule has 13 heteroatoms. The molecular weight excluding hydrogens is 2410 g/mol. The number of benzene rings is 12. The van der Waals surface area contributed by atoms with Gasteiger partial charge in [-0.15, -0.1) is 218 Å². The van der Waals surface area contributed by atoms with Crippen LogP contribution < -0.4 is 0 Å². The summed E-state index contributed by atoms with van der Waals surface area (Å²) in [5, 5.41) is 13.6. The SMILES string of the molecule is CC(C)=C(c1[c-]cccc1)c1ccccn1.CC1(C)c2cccnc2-c2c1ccc1ccc[c-]c21.Cc1ccc2ccc[c-]c2c1-c1ccccn1.Fc1ccc2ccc[c-]c2c1-c1ccccn1.[Ir].[Ir].[Ir].[Ir].[Ir].[Ir].[c-]1cccc2ccc3ccc4cccnc4c3c12.[c-]1ccccc1-c1cccc2cccnc12. The van der Waals surface area contributed by atoms with Crippen LogP contribution in [0, 0.1) is 49.1 Å². The van der Waals surface area contributed by atoms with E-state index in [2.05, 4.69) is 216 Å². The van der Waals surface area contributed by atoms with Crippen LogP contribution in [0.5, 0.6) is 0 Å². The molecule has 0 amide bonds. The van der Waals surface area contributed by atoms with Crippen LogP contribution in [-0.4, -0.2) is 29.9 Å². The molecule has 0 saturated carbocycles. The molecule has 12 aromatic carbocycles. The fraction of sp³-hybridized carbons (Fsp3) is 0.0625. The van der Waals surface area contributed by atoms with Gasteiger partial charge in [0.15, 0.2) is 0 Å². The van der Waals surface area contributed by atoms with Gasteiger partial charge in [0.2, 0.25) is 0 Å². The zero-order valence-electron chi connectivity index (χ0n) is 59.7. The third kappa shape index (κ3) is 19.4. The maximum Gasteiger partial charge on any atom is 0.0907 e. The zero-order valence-corrected chi connectivity index (χ0v) is 74.1. The standard InChI is InChI=1S/C18H14N.C17H10N.C16H12N.C15H9FN.C15H10N.C15H14N.6Ir/c1-18(2)14-10-9-12-6-3-4-7-13(12)16(14)17-15(18)8-5-11-19-17;1-2-6-15-12(4-1)7-8-13-9-10-14-5-3-11-18-17(14)16(13)15;1-12-9-10-13-6-2-3-7-14(13)16(12)15-8-4-5-11-17-15;16-13-9-8-11-5-1-2-6-12(11)15(13)14-7-3-4-10-17-14;1-2-6-12(7-3-1)14-10-4-8-13-9-5-11-16-15(13)14;1-12(2)15(13-8-4-3-5-9-13)14-10-6-7-11-16-14;;;;;;/h3-6,8-11H,1-2H3;1-5,7-11H;2-6,8-11H,1H3;1-5,7-10H;1-6,8-11H;3-8,10-11H,1-2H3;;;;;;/q6*-1;;;;;;. The molecule has 109 heavy (non-hydrogen) atoms. The molecule has 0 unspecified atom stereocenters. The maximum absolute atomic E-state index is 13.9. The summed E-state index contributed by atoms with van der Waals surface area (Å²) < 4.78 is 13.9. The van der Waals surface area contributed by atoms with Crippen molar-refractivity contribution in [3.05, 3.63) is 404 Å². The second-order valence-corrected chi connectivity index (χ2v) is 25.5. The molecule has 0 fully saturated rings.